The van der Waals surface area contributed by atoms with Gasteiger partial charge in [-0.05, 0) is 28.1 Å². The molecule has 92 valence electrons. The molecule has 0 amide bonds. The van der Waals surface area contributed by atoms with Crippen LogP contribution in [0.25, 0.3) is 11.5 Å². The van der Waals surface area contributed by atoms with Crippen LogP contribution in [0.5, 0.6) is 0 Å². The van der Waals surface area contributed by atoms with E-state index in [4.69, 9.17) is 16.3 Å². The molecule has 4 nitrogen and oxygen atoms in total. The molecule has 1 aliphatic rings. The molecule has 0 aromatic carbocycles. The fraction of sp³-hybridized carbons (Fsp3) is 0.250. The fourth-order valence-electron chi connectivity index (χ4n) is 1.82. The molecule has 2 aromatic heterocycles. The minimum absolute atomic E-state index is 0.458. The SMILES string of the molecule is Clc1nc(-c2ccc(Br)cn2)nc2c1COCC2. The molecule has 0 radical (unpaired) electrons. The van der Waals surface area contributed by atoms with Gasteiger partial charge in [0.1, 0.15) is 10.8 Å². The predicted molar refractivity (Wildman–Crippen MR) is 71.3 cm³/mol. The smallest absolute Gasteiger partial charge is 0.179 e. The lowest BCUT2D eigenvalue weighted by Crippen LogP contribution is -2.14. The first-order valence-electron chi connectivity index (χ1n) is 5.49. The first-order chi connectivity index (χ1) is 8.74. The van der Waals surface area contributed by atoms with Gasteiger partial charge in [0.25, 0.3) is 0 Å². The minimum Gasteiger partial charge on any atom is -0.376 e. The zero-order chi connectivity index (χ0) is 12.5. The lowest BCUT2D eigenvalue weighted by Gasteiger charge is -2.16. The van der Waals surface area contributed by atoms with E-state index in [1.165, 1.54) is 0 Å². The van der Waals surface area contributed by atoms with Crippen molar-refractivity contribution in [1.29, 1.82) is 0 Å². The highest BCUT2D eigenvalue weighted by Gasteiger charge is 2.18. The number of rotatable bonds is 1. The minimum atomic E-state index is 0.458. The summed E-state index contributed by atoms with van der Waals surface area (Å²) in [6.07, 6.45) is 2.48. The van der Waals surface area contributed by atoms with Crippen LogP contribution in [-0.4, -0.2) is 21.6 Å². The van der Waals surface area contributed by atoms with Crippen LogP contribution in [0.3, 0.4) is 0 Å². The molecule has 0 spiro atoms. The zero-order valence-electron chi connectivity index (χ0n) is 9.36. The molecule has 0 fully saturated rings. The van der Waals surface area contributed by atoms with Crippen LogP contribution in [-0.2, 0) is 17.8 Å². The standard InChI is InChI=1S/C12H9BrClN3O/c13-7-1-2-10(15-5-7)12-16-9-3-4-18-6-8(9)11(14)17-12/h1-2,5H,3-4,6H2. The monoisotopic (exact) mass is 325 g/mol. The van der Waals surface area contributed by atoms with Gasteiger partial charge in [0, 0.05) is 22.7 Å². The van der Waals surface area contributed by atoms with Gasteiger partial charge in [-0.1, -0.05) is 11.6 Å². The topological polar surface area (TPSA) is 47.9 Å². The van der Waals surface area contributed by atoms with Gasteiger partial charge >= 0.3 is 0 Å². The van der Waals surface area contributed by atoms with Crippen molar-refractivity contribution in [3.8, 4) is 11.5 Å². The first-order valence-corrected chi connectivity index (χ1v) is 6.66. The lowest BCUT2D eigenvalue weighted by molar-refractivity contribution is 0.109. The maximum Gasteiger partial charge on any atom is 0.179 e. The van der Waals surface area contributed by atoms with Gasteiger partial charge in [-0.25, -0.2) is 9.97 Å². The number of hydrogen-bond acceptors (Lipinski definition) is 4. The highest BCUT2D eigenvalue weighted by molar-refractivity contribution is 9.10. The summed E-state index contributed by atoms with van der Waals surface area (Å²) in [6.45, 7) is 1.16. The predicted octanol–water partition coefficient (Wildman–Crippen LogP) is 3.03. The van der Waals surface area contributed by atoms with Crippen LogP contribution in [0, 0.1) is 0 Å². The summed E-state index contributed by atoms with van der Waals surface area (Å²) in [5.74, 6) is 0.563. The number of hydrogen-bond donors (Lipinski definition) is 0. The van der Waals surface area contributed by atoms with Crippen molar-refractivity contribution in [3.63, 3.8) is 0 Å². The van der Waals surface area contributed by atoms with E-state index in [2.05, 4.69) is 30.9 Å². The Bertz CT molecular complexity index is 589. The summed E-state index contributed by atoms with van der Waals surface area (Å²) < 4.78 is 6.27. The molecule has 18 heavy (non-hydrogen) atoms. The summed E-state index contributed by atoms with van der Waals surface area (Å²) in [7, 11) is 0. The molecular weight excluding hydrogens is 318 g/mol. The van der Waals surface area contributed by atoms with E-state index in [0.717, 1.165) is 27.8 Å². The van der Waals surface area contributed by atoms with Crippen LogP contribution in [0.1, 0.15) is 11.3 Å². The Morgan fingerprint density at radius 2 is 2.17 bits per heavy atom. The van der Waals surface area contributed by atoms with Gasteiger partial charge in [-0.2, -0.15) is 0 Å². The molecule has 6 heteroatoms. The summed E-state index contributed by atoms with van der Waals surface area (Å²) in [6, 6.07) is 3.77. The number of fused-ring (bicyclic) bond motifs is 1. The molecular formula is C12H9BrClN3O. The van der Waals surface area contributed by atoms with Gasteiger partial charge in [-0.3, -0.25) is 4.98 Å². The molecule has 3 heterocycles. The summed E-state index contributed by atoms with van der Waals surface area (Å²) in [5.41, 5.74) is 2.57. The molecule has 0 atom stereocenters. The van der Waals surface area contributed by atoms with Crippen LogP contribution >= 0.6 is 27.5 Å². The van der Waals surface area contributed by atoms with E-state index in [0.29, 0.717) is 24.2 Å². The highest BCUT2D eigenvalue weighted by Crippen LogP contribution is 2.25. The maximum atomic E-state index is 6.16. The molecule has 0 aliphatic carbocycles. The molecule has 0 saturated carbocycles. The second-order valence-corrected chi connectivity index (χ2v) is 5.20. The van der Waals surface area contributed by atoms with E-state index in [9.17, 15) is 0 Å². The van der Waals surface area contributed by atoms with Gasteiger partial charge in [0.15, 0.2) is 5.82 Å². The Morgan fingerprint density at radius 3 is 2.94 bits per heavy atom. The number of halogens is 2. The average molecular weight is 327 g/mol. The molecule has 0 unspecified atom stereocenters. The Hall–Kier alpha value is -1.04. The van der Waals surface area contributed by atoms with Crippen molar-refractivity contribution in [1.82, 2.24) is 15.0 Å². The Balaban J connectivity index is 2.08. The number of pyridine rings is 1. The van der Waals surface area contributed by atoms with Crippen molar-refractivity contribution in [2.75, 3.05) is 6.61 Å². The van der Waals surface area contributed by atoms with Crippen molar-refractivity contribution in [2.24, 2.45) is 0 Å². The lowest BCUT2D eigenvalue weighted by atomic mass is 10.1. The van der Waals surface area contributed by atoms with E-state index in [1.807, 2.05) is 12.1 Å². The van der Waals surface area contributed by atoms with Crippen molar-refractivity contribution in [3.05, 3.63) is 39.2 Å². The van der Waals surface area contributed by atoms with Gasteiger partial charge in [0.2, 0.25) is 0 Å². The molecule has 1 aliphatic heterocycles. The van der Waals surface area contributed by atoms with Gasteiger partial charge < -0.3 is 4.74 Å². The summed E-state index contributed by atoms with van der Waals surface area (Å²) >= 11 is 9.51. The number of nitrogens with zero attached hydrogens (tertiary/aromatic N) is 3. The van der Waals surface area contributed by atoms with E-state index in [-0.39, 0.29) is 0 Å². The van der Waals surface area contributed by atoms with Crippen LogP contribution in [0.2, 0.25) is 5.15 Å². The maximum absolute atomic E-state index is 6.16. The Morgan fingerprint density at radius 1 is 1.28 bits per heavy atom. The first kappa shape index (κ1) is 12.0. The second kappa shape index (κ2) is 4.91. The van der Waals surface area contributed by atoms with Crippen molar-refractivity contribution < 1.29 is 4.74 Å². The largest absolute Gasteiger partial charge is 0.376 e. The van der Waals surface area contributed by atoms with E-state index >= 15 is 0 Å². The quantitative estimate of drug-likeness (QED) is 0.756. The fourth-order valence-corrected chi connectivity index (χ4v) is 2.29. The molecule has 0 N–H and O–H groups in total. The van der Waals surface area contributed by atoms with Gasteiger partial charge in [-0.15, -0.1) is 0 Å². The third kappa shape index (κ3) is 2.25. The average Bonchev–Trinajstić information content (AvgIpc) is 2.39. The van der Waals surface area contributed by atoms with Gasteiger partial charge in [0.05, 0.1) is 18.9 Å². The summed E-state index contributed by atoms with van der Waals surface area (Å²) in [5, 5.41) is 0.458. The Labute approximate surface area is 118 Å². The second-order valence-electron chi connectivity index (χ2n) is 3.93. The molecule has 0 bridgehead atoms. The van der Waals surface area contributed by atoms with E-state index < -0.39 is 0 Å². The highest BCUT2D eigenvalue weighted by atomic mass is 79.9. The molecule has 3 rings (SSSR count). The van der Waals surface area contributed by atoms with Crippen molar-refractivity contribution in [2.45, 2.75) is 13.0 Å². The van der Waals surface area contributed by atoms with Crippen LogP contribution in [0.15, 0.2) is 22.8 Å². The van der Waals surface area contributed by atoms with Crippen LogP contribution < -0.4 is 0 Å². The third-order valence-electron chi connectivity index (χ3n) is 2.73. The normalized spacial score (nSPS) is 14.3. The molecule has 2 aromatic rings. The van der Waals surface area contributed by atoms with E-state index in [1.54, 1.807) is 6.20 Å². The van der Waals surface area contributed by atoms with Crippen molar-refractivity contribution >= 4 is 27.5 Å². The summed E-state index contributed by atoms with van der Waals surface area (Å²) in [4.78, 5) is 13.1. The zero-order valence-corrected chi connectivity index (χ0v) is 11.7. The van der Waals surface area contributed by atoms with Crippen LogP contribution in [0.4, 0.5) is 0 Å². The third-order valence-corrected chi connectivity index (χ3v) is 3.51. The number of aromatic nitrogens is 3. The Kier molecular flexibility index (Phi) is 3.28. The number of ether oxygens (including phenoxy) is 1. The molecule has 0 saturated heterocycles.